The SMILES string of the molecule is C#CCN(CCC)C(=O)c1cc(N)ncc1Br. The normalized spacial score (nSPS) is 9.71. The summed E-state index contributed by atoms with van der Waals surface area (Å²) in [7, 11) is 0. The van der Waals surface area contributed by atoms with Gasteiger partial charge in [-0.25, -0.2) is 4.98 Å². The van der Waals surface area contributed by atoms with Crippen LogP contribution < -0.4 is 5.73 Å². The molecule has 4 nitrogen and oxygen atoms in total. The van der Waals surface area contributed by atoms with Gasteiger partial charge in [-0.15, -0.1) is 6.42 Å². The van der Waals surface area contributed by atoms with Crippen molar-refractivity contribution in [2.24, 2.45) is 0 Å². The smallest absolute Gasteiger partial charge is 0.255 e. The van der Waals surface area contributed by atoms with Crippen molar-refractivity contribution in [1.82, 2.24) is 9.88 Å². The molecular weight excluding hydrogens is 282 g/mol. The number of hydrogen-bond donors (Lipinski definition) is 1. The summed E-state index contributed by atoms with van der Waals surface area (Å²) < 4.78 is 0.620. The number of nitrogens with zero attached hydrogens (tertiary/aromatic N) is 2. The average Bonchev–Trinajstić information content (AvgIpc) is 2.31. The van der Waals surface area contributed by atoms with Crippen LogP contribution in [0.25, 0.3) is 0 Å². The summed E-state index contributed by atoms with van der Waals surface area (Å²) in [6, 6.07) is 1.55. The average molecular weight is 296 g/mol. The first kappa shape index (κ1) is 13.5. The van der Waals surface area contributed by atoms with Gasteiger partial charge >= 0.3 is 0 Å². The van der Waals surface area contributed by atoms with Crippen LogP contribution in [0, 0.1) is 12.3 Å². The first-order valence-corrected chi connectivity index (χ1v) is 6.03. The Labute approximate surface area is 109 Å². The van der Waals surface area contributed by atoms with E-state index in [9.17, 15) is 4.79 Å². The third-order valence-electron chi connectivity index (χ3n) is 2.17. The fourth-order valence-corrected chi connectivity index (χ4v) is 1.81. The molecule has 0 aliphatic carbocycles. The van der Waals surface area contributed by atoms with Crippen molar-refractivity contribution in [3.05, 3.63) is 22.3 Å². The zero-order chi connectivity index (χ0) is 12.8. The van der Waals surface area contributed by atoms with Crippen LogP contribution >= 0.6 is 15.9 Å². The molecule has 17 heavy (non-hydrogen) atoms. The lowest BCUT2D eigenvalue weighted by molar-refractivity contribution is 0.0776. The van der Waals surface area contributed by atoms with Crippen LogP contribution in [0.4, 0.5) is 5.82 Å². The standard InChI is InChI=1S/C12H14BrN3O/c1-3-5-16(6-4-2)12(17)9-7-11(14)15-8-10(9)13/h1,7-8H,4-6H2,2H3,(H2,14,15). The Hall–Kier alpha value is -1.54. The molecule has 0 aromatic carbocycles. The zero-order valence-corrected chi connectivity index (χ0v) is 11.2. The quantitative estimate of drug-likeness (QED) is 0.863. The van der Waals surface area contributed by atoms with Crippen LogP contribution in [-0.2, 0) is 0 Å². The lowest BCUT2D eigenvalue weighted by Gasteiger charge is -2.20. The van der Waals surface area contributed by atoms with E-state index in [1.807, 2.05) is 6.92 Å². The number of anilines is 1. The fraction of sp³-hybridized carbons (Fsp3) is 0.333. The number of carbonyl (C=O) groups is 1. The molecule has 0 saturated carbocycles. The van der Waals surface area contributed by atoms with Crippen LogP contribution in [0.2, 0.25) is 0 Å². The molecule has 1 aromatic heterocycles. The first-order valence-electron chi connectivity index (χ1n) is 5.24. The minimum atomic E-state index is -0.134. The van der Waals surface area contributed by atoms with E-state index in [1.165, 1.54) is 6.20 Å². The number of nitrogens with two attached hydrogens (primary N) is 1. The topological polar surface area (TPSA) is 59.2 Å². The monoisotopic (exact) mass is 295 g/mol. The molecule has 0 saturated heterocycles. The minimum Gasteiger partial charge on any atom is -0.384 e. The highest BCUT2D eigenvalue weighted by molar-refractivity contribution is 9.10. The summed E-state index contributed by atoms with van der Waals surface area (Å²) in [5.41, 5.74) is 6.06. The Morgan fingerprint density at radius 3 is 3.00 bits per heavy atom. The number of halogens is 1. The van der Waals surface area contributed by atoms with E-state index < -0.39 is 0 Å². The number of amides is 1. The van der Waals surface area contributed by atoms with Crippen molar-refractivity contribution in [2.45, 2.75) is 13.3 Å². The Morgan fingerprint density at radius 2 is 2.41 bits per heavy atom. The van der Waals surface area contributed by atoms with Crippen molar-refractivity contribution < 1.29 is 4.79 Å². The van der Waals surface area contributed by atoms with Gasteiger partial charge in [-0.1, -0.05) is 12.8 Å². The van der Waals surface area contributed by atoms with E-state index in [1.54, 1.807) is 11.0 Å². The molecule has 5 heteroatoms. The predicted molar refractivity (Wildman–Crippen MR) is 71.4 cm³/mol. The van der Waals surface area contributed by atoms with Gasteiger partial charge in [0, 0.05) is 17.2 Å². The molecule has 0 spiro atoms. The van der Waals surface area contributed by atoms with Gasteiger partial charge in [0.2, 0.25) is 0 Å². The largest absolute Gasteiger partial charge is 0.384 e. The van der Waals surface area contributed by atoms with Crippen molar-refractivity contribution in [3.8, 4) is 12.3 Å². The second-order valence-electron chi connectivity index (χ2n) is 3.52. The highest BCUT2D eigenvalue weighted by Crippen LogP contribution is 2.19. The Kier molecular flexibility index (Phi) is 4.98. The predicted octanol–water partition coefficient (Wildman–Crippen LogP) is 1.91. The van der Waals surface area contributed by atoms with Gasteiger partial charge in [-0.3, -0.25) is 4.79 Å². The van der Waals surface area contributed by atoms with Gasteiger partial charge in [0.05, 0.1) is 12.1 Å². The number of rotatable bonds is 4. The molecule has 0 atom stereocenters. The third-order valence-corrected chi connectivity index (χ3v) is 2.80. The maximum atomic E-state index is 12.2. The van der Waals surface area contributed by atoms with Crippen molar-refractivity contribution in [3.63, 3.8) is 0 Å². The van der Waals surface area contributed by atoms with Crippen molar-refractivity contribution in [2.75, 3.05) is 18.8 Å². The van der Waals surface area contributed by atoms with E-state index in [0.29, 0.717) is 28.9 Å². The van der Waals surface area contributed by atoms with Crippen LogP contribution in [-0.4, -0.2) is 28.9 Å². The zero-order valence-electron chi connectivity index (χ0n) is 9.61. The second-order valence-corrected chi connectivity index (χ2v) is 4.37. The number of pyridine rings is 1. The Morgan fingerprint density at radius 1 is 1.71 bits per heavy atom. The first-order chi connectivity index (χ1) is 8.10. The highest BCUT2D eigenvalue weighted by Gasteiger charge is 2.17. The van der Waals surface area contributed by atoms with Gasteiger partial charge in [0.25, 0.3) is 5.91 Å². The van der Waals surface area contributed by atoms with Crippen LogP contribution in [0.15, 0.2) is 16.7 Å². The van der Waals surface area contributed by atoms with E-state index >= 15 is 0 Å². The van der Waals surface area contributed by atoms with Gasteiger partial charge in [-0.05, 0) is 28.4 Å². The summed E-state index contributed by atoms with van der Waals surface area (Å²) in [5.74, 6) is 2.66. The minimum absolute atomic E-state index is 0.134. The molecule has 0 radical (unpaired) electrons. The molecule has 1 amide bonds. The molecule has 1 heterocycles. The summed E-state index contributed by atoms with van der Waals surface area (Å²) in [6.07, 6.45) is 7.62. The Balaban J connectivity index is 3.00. The Bertz CT molecular complexity index is 454. The summed E-state index contributed by atoms with van der Waals surface area (Å²) >= 11 is 3.28. The highest BCUT2D eigenvalue weighted by atomic mass is 79.9. The van der Waals surface area contributed by atoms with Gasteiger partial charge in [-0.2, -0.15) is 0 Å². The van der Waals surface area contributed by atoms with Crippen molar-refractivity contribution >= 4 is 27.7 Å². The molecule has 0 fully saturated rings. The molecule has 0 bridgehead atoms. The van der Waals surface area contributed by atoms with Crippen LogP contribution in [0.5, 0.6) is 0 Å². The molecule has 0 aliphatic heterocycles. The van der Waals surface area contributed by atoms with Crippen LogP contribution in [0.1, 0.15) is 23.7 Å². The number of terminal acetylenes is 1. The maximum absolute atomic E-state index is 12.2. The van der Waals surface area contributed by atoms with E-state index in [0.717, 1.165) is 6.42 Å². The lowest BCUT2D eigenvalue weighted by atomic mass is 10.2. The number of hydrogen-bond acceptors (Lipinski definition) is 3. The molecule has 0 unspecified atom stereocenters. The number of carbonyl (C=O) groups excluding carboxylic acids is 1. The molecule has 90 valence electrons. The van der Waals surface area contributed by atoms with Crippen molar-refractivity contribution in [1.29, 1.82) is 0 Å². The van der Waals surface area contributed by atoms with Gasteiger partial charge in [0.1, 0.15) is 5.82 Å². The molecule has 0 aliphatic rings. The lowest BCUT2D eigenvalue weighted by Crippen LogP contribution is -2.32. The van der Waals surface area contributed by atoms with Gasteiger partial charge in [0.15, 0.2) is 0 Å². The van der Waals surface area contributed by atoms with Gasteiger partial charge < -0.3 is 10.6 Å². The summed E-state index contributed by atoms with van der Waals surface area (Å²) in [4.78, 5) is 17.7. The second kappa shape index (κ2) is 6.26. The molecule has 1 rings (SSSR count). The van der Waals surface area contributed by atoms with Crippen LogP contribution in [0.3, 0.4) is 0 Å². The van der Waals surface area contributed by atoms with E-state index in [-0.39, 0.29) is 5.91 Å². The maximum Gasteiger partial charge on any atom is 0.255 e. The van der Waals surface area contributed by atoms with E-state index in [4.69, 9.17) is 12.2 Å². The number of nitrogen functional groups attached to an aromatic ring is 1. The van der Waals surface area contributed by atoms with E-state index in [2.05, 4.69) is 26.8 Å². The fourth-order valence-electron chi connectivity index (χ4n) is 1.42. The number of aromatic nitrogens is 1. The summed E-state index contributed by atoms with van der Waals surface area (Å²) in [6.45, 7) is 2.91. The third kappa shape index (κ3) is 3.46. The molecule has 1 aromatic rings. The molecule has 2 N–H and O–H groups in total. The summed E-state index contributed by atoms with van der Waals surface area (Å²) in [5, 5.41) is 0. The molecular formula is C12H14BrN3O.